The summed E-state index contributed by atoms with van der Waals surface area (Å²) >= 11 is 0. The fraction of sp³-hybridized carbons (Fsp3) is 0.417. The third-order valence-corrected chi connectivity index (χ3v) is 3.43. The van der Waals surface area contributed by atoms with Crippen LogP contribution < -0.4 is 4.84 Å². The van der Waals surface area contributed by atoms with Crippen LogP contribution in [0.5, 0.6) is 11.8 Å². The van der Waals surface area contributed by atoms with Crippen LogP contribution in [-0.2, 0) is 4.74 Å². The van der Waals surface area contributed by atoms with Gasteiger partial charge in [-0.25, -0.2) is 4.79 Å². The van der Waals surface area contributed by atoms with Gasteiger partial charge in [0.1, 0.15) is 6.10 Å². The van der Waals surface area contributed by atoms with Gasteiger partial charge in [0.2, 0.25) is 11.8 Å². The first-order chi connectivity index (χ1) is 8.63. The molecule has 2 N–H and O–H groups in total. The Labute approximate surface area is 103 Å². The standard InChI is InChI=1S/C12H13NO5/c14-10-3-4-11(15)13(10)18-12(16)17-9-6-7-1-2-8(9)5-7/h1-4,7-9,14-15H,5-6H2. The summed E-state index contributed by atoms with van der Waals surface area (Å²) in [6.45, 7) is 0. The lowest BCUT2D eigenvalue weighted by Crippen LogP contribution is -2.28. The van der Waals surface area contributed by atoms with E-state index >= 15 is 0 Å². The Bertz CT molecular complexity index is 487. The van der Waals surface area contributed by atoms with Gasteiger partial charge in [-0.05, 0) is 18.8 Å². The van der Waals surface area contributed by atoms with Crippen molar-refractivity contribution in [2.75, 3.05) is 0 Å². The molecule has 1 saturated carbocycles. The molecule has 6 nitrogen and oxygen atoms in total. The van der Waals surface area contributed by atoms with Gasteiger partial charge in [-0.2, -0.15) is 0 Å². The van der Waals surface area contributed by atoms with Gasteiger partial charge >= 0.3 is 6.16 Å². The average Bonchev–Trinajstić information content (AvgIpc) is 3.00. The Morgan fingerprint density at radius 3 is 2.50 bits per heavy atom. The van der Waals surface area contributed by atoms with Crippen molar-refractivity contribution in [1.29, 1.82) is 0 Å². The molecule has 0 aliphatic heterocycles. The smallest absolute Gasteiger partial charge is 0.492 e. The minimum absolute atomic E-state index is 0.174. The van der Waals surface area contributed by atoms with E-state index in [0.717, 1.165) is 12.8 Å². The Balaban J connectivity index is 1.61. The maximum atomic E-state index is 11.5. The first-order valence-corrected chi connectivity index (χ1v) is 5.80. The molecular formula is C12H13NO5. The molecule has 1 fully saturated rings. The van der Waals surface area contributed by atoms with Gasteiger partial charge in [0.25, 0.3) is 0 Å². The summed E-state index contributed by atoms with van der Waals surface area (Å²) in [4.78, 5) is 16.3. The second-order valence-corrected chi connectivity index (χ2v) is 4.62. The number of hydrogen-bond donors (Lipinski definition) is 2. The molecule has 3 unspecified atom stereocenters. The maximum absolute atomic E-state index is 11.5. The summed E-state index contributed by atoms with van der Waals surface area (Å²) in [5.74, 6) is 0.0187. The number of hydrogen-bond acceptors (Lipinski definition) is 5. The predicted octanol–water partition coefficient (Wildman–Crippen LogP) is 1.43. The first kappa shape index (κ1) is 11.0. The zero-order valence-electron chi connectivity index (χ0n) is 9.52. The molecule has 1 heterocycles. The van der Waals surface area contributed by atoms with Crippen LogP contribution in [0, 0.1) is 11.8 Å². The van der Waals surface area contributed by atoms with E-state index in [1.807, 2.05) is 0 Å². The van der Waals surface area contributed by atoms with Crippen molar-refractivity contribution in [3.63, 3.8) is 0 Å². The molecule has 0 amide bonds. The van der Waals surface area contributed by atoms with E-state index in [1.165, 1.54) is 12.1 Å². The van der Waals surface area contributed by atoms with E-state index in [9.17, 15) is 15.0 Å². The average molecular weight is 251 g/mol. The van der Waals surface area contributed by atoms with Gasteiger partial charge in [-0.1, -0.05) is 12.2 Å². The molecule has 3 atom stereocenters. The van der Waals surface area contributed by atoms with Crippen molar-refractivity contribution < 1.29 is 24.6 Å². The molecule has 2 bridgehead atoms. The quantitative estimate of drug-likeness (QED) is 0.614. The SMILES string of the molecule is O=C(OC1CC2C=CC1C2)On1c(O)ccc1O. The minimum Gasteiger partial charge on any atom is -0.492 e. The number of carbonyl (C=O) groups excluding carboxylic acids is 1. The first-order valence-electron chi connectivity index (χ1n) is 5.80. The Kier molecular flexibility index (Phi) is 2.43. The van der Waals surface area contributed by atoms with Crippen LogP contribution in [0.15, 0.2) is 24.3 Å². The van der Waals surface area contributed by atoms with Crippen LogP contribution in [0.25, 0.3) is 0 Å². The van der Waals surface area contributed by atoms with Gasteiger partial charge in [-0.3, -0.25) is 4.84 Å². The topological polar surface area (TPSA) is 80.9 Å². The largest absolute Gasteiger partial charge is 0.534 e. The molecule has 1 aromatic rings. The molecule has 18 heavy (non-hydrogen) atoms. The van der Waals surface area contributed by atoms with Crippen LogP contribution in [0.4, 0.5) is 4.79 Å². The van der Waals surface area contributed by atoms with Crippen LogP contribution in [-0.4, -0.2) is 27.2 Å². The second kappa shape index (κ2) is 3.97. The van der Waals surface area contributed by atoms with Crippen LogP contribution in [0.2, 0.25) is 0 Å². The predicted molar refractivity (Wildman–Crippen MR) is 60.0 cm³/mol. The zero-order valence-corrected chi connectivity index (χ0v) is 9.52. The van der Waals surface area contributed by atoms with Gasteiger partial charge in [-0.15, -0.1) is 4.73 Å². The molecule has 2 aliphatic carbocycles. The highest BCUT2D eigenvalue weighted by molar-refractivity contribution is 5.61. The molecular weight excluding hydrogens is 238 g/mol. The number of aromatic nitrogens is 1. The van der Waals surface area contributed by atoms with E-state index < -0.39 is 6.16 Å². The number of aromatic hydroxyl groups is 2. The minimum atomic E-state index is -0.928. The highest BCUT2D eigenvalue weighted by Crippen LogP contribution is 2.40. The summed E-state index contributed by atoms with van der Waals surface area (Å²) in [5.41, 5.74) is 0. The molecule has 0 spiro atoms. The van der Waals surface area contributed by atoms with Gasteiger partial charge in [0, 0.05) is 18.1 Å². The van der Waals surface area contributed by atoms with Crippen molar-refractivity contribution in [2.45, 2.75) is 18.9 Å². The summed E-state index contributed by atoms with van der Waals surface area (Å²) in [7, 11) is 0. The number of allylic oxidation sites excluding steroid dienone is 1. The van der Waals surface area contributed by atoms with Crippen LogP contribution >= 0.6 is 0 Å². The van der Waals surface area contributed by atoms with Crippen molar-refractivity contribution in [3.8, 4) is 11.8 Å². The number of fused-ring (bicyclic) bond motifs is 2. The lowest BCUT2D eigenvalue weighted by Gasteiger charge is -2.18. The zero-order chi connectivity index (χ0) is 12.7. The van der Waals surface area contributed by atoms with Crippen LogP contribution in [0.1, 0.15) is 12.8 Å². The number of carbonyl (C=O) groups is 1. The third kappa shape index (κ3) is 1.79. The van der Waals surface area contributed by atoms with Gasteiger partial charge in [0.05, 0.1) is 0 Å². The second-order valence-electron chi connectivity index (χ2n) is 4.62. The maximum Gasteiger partial charge on any atom is 0.534 e. The van der Waals surface area contributed by atoms with Gasteiger partial charge in [0.15, 0.2) is 0 Å². The number of rotatable bonds is 2. The monoisotopic (exact) mass is 251 g/mol. The Hall–Kier alpha value is -2.11. The summed E-state index contributed by atoms with van der Waals surface area (Å²) < 4.78 is 5.79. The highest BCUT2D eigenvalue weighted by atomic mass is 16.8. The molecule has 96 valence electrons. The summed E-state index contributed by atoms with van der Waals surface area (Å²) in [6.07, 6.45) is 4.91. The highest BCUT2D eigenvalue weighted by Gasteiger charge is 2.38. The number of nitrogens with zero attached hydrogens (tertiary/aromatic N) is 1. The van der Waals surface area contributed by atoms with Crippen molar-refractivity contribution in [3.05, 3.63) is 24.3 Å². The van der Waals surface area contributed by atoms with E-state index in [2.05, 4.69) is 12.2 Å². The fourth-order valence-electron chi connectivity index (χ4n) is 2.58. The third-order valence-electron chi connectivity index (χ3n) is 3.43. The van der Waals surface area contributed by atoms with Gasteiger partial charge < -0.3 is 14.9 Å². The molecule has 0 saturated heterocycles. The molecule has 0 aromatic carbocycles. The van der Waals surface area contributed by atoms with Crippen molar-refractivity contribution in [2.24, 2.45) is 11.8 Å². The lowest BCUT2D eigenvalue weighted by molar-refractivity contribution is 0.00241. The molecule has 1 aromatic heterocycles. The van der Waals surface area contributed by atoms with Crippen LogP contribution in [0.3, 0.4) is 0 Å². The van der Waals surface area contributed by atoms with E-state index in [4.69, 9.17) is 9.57 Å². The number of ether oxygens (including phenoxy) is 1. The molecule has 0 radical (unpaired) electrons. The normalized spacial score (nSPS) is 28.6. The molecule has 2 aliphatic rings. The van der Waals surface area contributed by atoms with E-state index in [0.29, 0.717) is 10.6 Å². The van der Waals surface area contributed by atoms with E-state index in [1.54, 1.807) is 0 Å². The fourth-order valence-corrected chi connectivity index (χ4v) is 2.58. The Morgan fingerprint density at radius 1 is 1.22 bits per heavy atom. The molecule has 6 heteroatoms. The summed E-state index contributed by atoms with van der Waals surface area (Å²) in [5, 5.41) is 18.6. The Morgan fingerprint density at radius 2 is 1.94 bits per heavy atom. The summed E-state index contributed by atoms with van der Waals surface area (Å²) in [6, 6.07) is 2.42. The molecule has 3 rings (SSSR count). The van der Waals surface area contributed by atoms with E-state index in [-0.39, 0.29) is 23.8 Å². The van der Waals surface area contributed by atoms with Crippen molar-refractivity contribution >= 4 is 6.16 Å². The lowest BCUT2D eigenvalue weighted by atomic mass is 10.1. The van der Waals surface area contributed by atoms with Crippen molar-refractivity contribution in [1.82, 2.24) is 4.73 Å².